The Balaban J connectivity index is 1.79. The highest BCUT2D eigenvalue weighted by atomic mass is 35.5. The van der Waals surface area contributed by atoms with Gasteiger partial charge in [-0.3, -0.25) is 4.90 Å². The second-order valence-corrected chi connectivity index (χ2v) is 12.9. The Bertz CT molecular complexity index is 1430. The quantitative estimate of drug-likeness (QED) is 0.172. The van der Waals surface area contributed by atoms with E-state index in [1.807, 2.05) is 49.1 Å². The van der Waals surface area contributed by atoms with Gasteiger partial charge in [0.15, 0.2) is 9.84 Å². The first kappa shape index (κ1) is 32.8. The molecule has 0 aliphatic heterocycles. The Morgan fingerprint density at radius 2 is 1.71 bits per heavy atom. The summed E-state index contributed by atoms with van der Waals surface area (Å²) in [5, 5.41) is 8.86. The maximum Gasteiger partial charge on any atom is 0.417 e. The molecule has 0 aliphatic rings. The molecule has 3 aromatic rings. The topological polar surface area (TPSA) is 66.8 Å². The molecule has 3 aromatic carbocycles. The van der Waals surface area contributed by atoms with Gasteiger partial charge in [0.25, 0.3) is 0 Å². The summed E-state index contributed by atoms with van der Waals surface area (Å²) in [7, 11) is -3.78. The average molecular weight is 616 g/mol. The summed E-state index contributed by atoms with van der Waals surface area (Å²) in [6.45, 7) is 4.83. The first-order chi connectivity index (χ1) is 19.1. The van der Waals surface area contributed by atoms with Crippen molar-refractivity contribution in [2.45, 2.75) is 49.7 Å². The molecule has 0 fully saturated rings. The van der Waals surface area contributed by atoms with Crippen molar-refractivity contribution in [3.63, 3.8) is 0 Å². The lowest BCUT2D eigenvalue weighted by Gasteiger charge is -2.33. The minimum absolute atomic E-state index is 0.0294. The van der Waals surface area contributed by atoms with Crippen molar-refractivity contribution in [2.75, 3.05) is 32.6 Å². The van der Waals surface area contributed by atoms with Crippen LogP contribution in [0.4, 0.5) is 17.6 Å². The van der Waals surface area contributed by atoms with Gasteiger partial charge in [-0.05, 0) is 36.1 Å². The average Bonchev–Trinajstić information content (AvgIpc) is 2.88. The zero-order chi connectivity index (χ0) is 30.4. The number of alkyl halides is 3. The lowest BCUT2D eigenvalue weighted by atomic mass is 9.84. The Kier molecular flexibility index (Phi) is 10.9. The first-order valence-corrected chi connectivity index (χ1v) is 15.3. The van der Waals surface area contributed by atoms with Crippen LogP contribution in [0.25, 0.3) is 0 Å². The molecule has 0 saturated heterocycles. The molecule has 1 N–H and O–H groups in total. The van der Waals surface area contributed by atoms with Crippen LogP contribution in [0.1, 0.15) is 42.5 Å². The fourth-order valence-corrected chi connectivity index (χ4v) is 6.02. The smallest absolute Gasteiger partial charge is 0.417 e. The Hall–Kier alpha value is -2.66. The number of hydrogen-bond donors (Lipinski definition) is 1. The van der Waals surface area contributed by atoms with E-state index < -0.39 is 34.0 Å². The van der Waals surface area contributed by atoms with E-state index in [9.17, 15) is 31.1 Å². The van der Waals surface area contributed by atoms with E-state index in [1.165, 1.54) is 12.1 Å². The molecule has 0 radical (unpaired) electrons. The SMILES string of the molecule is CC(C)(CN(CCCOc1cc(F)c(CCO)c(S(C)(=O)=O)c1)Cc1cccc(C(F)(F)F)c1Cl)c1ccccc1. The van der Waals surface area contributed by atoms with Gasteiger partial charge in [0, 0.05) is 49.5 Å². The van der Waals surface area contributed by atoms with Gasteiger partial charge >= 0.3 is 6.18 Å². The van der Waals surface area contributed by atoms with Crippen molar-refractivity contribution >= 4 is 21.4 Å². The number of ether oxygens (including phenoxy) is 1. The summed E-state index contributed by atoms with van der Waals surface area (Å²) < 4.78 is 85.2. The predicted octanol–water partition coefficient (Wildman–Crippen LogP) is 6.69. The highest BCUT2D eigenvalue weighted by Gasteiger charge is 2.34. The molecular weight excluding hydrogens is 582 g/mol. The second kappa shape index (κ2) is 13.5. The number of hydrogen-bond acceptors (Lipinski definition) is 5. The van der Waals surface area contributed by atoms with Crippen molar-refractivity contribution in [3.05, 3.63) is 93.8 Å². The summed E-state index contributed by atoms with van der Waals surface area (Å²) in [6, 6.07) is 15.9. The fraction of sp³-hybridized carbons (Fsp3) is 0.400. The zero-order valence-corrected chi connectivity index (χ0v) is 24.7. The normalized spacial score (nSPS) is 12.6. The number of benzene rings is 3. The molecule has 224 valence electrons. The van der Waals surface area contributed by atoms with E-state index in [0.717, 1.165) is 24.0 Å². The van der Waals surface area contributed by atoms with Crippen molar-refractivity contribution in [1.82, 2.24) is 4.90 Å². The number of rotatable bonds is 13. The molecule has 11 heteroatoms. The molecule has 0 spiro atoms. The number of sulfone groups is 1. The van der Waals surface area contributed by atoms with Gasteiger partial charge in [0.05, 0.1) is 22.1 Å². The van der Waals surface area contributed by atoms with E-state index in [4.69, 9.17) is 16.3 Å². The summed E-state index contributed by atoms with van der Waals surface area (Å²) in [6.07, 6.45) is -3.37. The van der Waals surface area contributed by atoms with E-state index >= 15 is 0 Å². The highest BCUT2D eigenvalue weighted by molar-refractivity contribution is 7.90. The summed E-state index contributed by atoms with van der Waals surface area (Å²) in [5.74, 6) is -0.760. The molecule has 0 aliphatic carbocycles. The van der Waals surface area contributed by atoms with E-state index in [2.05, 4.69) is 0 Å². The van der Waals surface area contributed by atoms with Crippen LogP contribution in [0.5, 0.6) is 5.75 Å². The molecule has 0 atom stereocenters. The standard InChI is InChI=1S/C30H34ClF4NO4S/c1-29(2,22-10-5-4-6-11-22)20-36(19-21-9-7-12-25(28(21)31)30(33,34)35)14-8-16-40-23-17-26(32)24(13-15-37)27(18-23)41(3,38)39/h4-7,9-12,17-18,37H,8,13-16,19-20H2,1-3H3. The van der Waals surface area contributed by atoms with E-state index in [0.29, 0.717) is 25.1 Å². The van der Waals surface area contributed by atoms with Crippen LogP contribution in [0.2, 0.25) is 5.02 Å². The van der Waals surface area contributed by atoms with Gasteiger partial charge in [-0.15, -0.1) is 0 Å². The van der Waals surface area contributed by atoms with Crippen LogP contribution >= 0.6 is 11.6 Å². The lowest BCUT2D eigenvalue weighted by molar-refractivity contribution is -0.137. The number of nitrogens with zero attached hydrogens (tertiary/aromatic N) is 1. The number of halogens is 5. The van der Waals surface area contributed by atoms with Crippen molar-refractivity contribution < 1.29 is 35.8 Å². The van der Waals surface area contributed by atoms with Crippen LogP contribution < -0.4 is 4.74 Å². The number of aliphatic hydroxyl groups excluding tert-OH is 1. The molecule has 5 nitrogen and oxygen atoms in total. The van der Waals surface area contributed by atoms with Crippen molar-refractivity contribution in [3.8, 4) is 5.75 Å². The van der Waals surface area contributed by atoms with Gasteiger partial charge in [-0.1, -0.05) is 67.9 Å². The molecule has 0 saturated carbocycles. The third-order valence-electron chi connectivity index (χ3n) is 6.73. The fourth-order valence-electron chi connectivity index (χ4n) is 4.75. The summed E-state index contributed by atoms with van der Waals surface area (Å²) in [4.78, 5) is 1.75. The van der Waals surface area contributed by atoms with Crippen LogP contribution in [0.15, 0.2) is 65.6 Å². The molecule has 0 heterocycles. The predicted molar refractivity (Wildman–Crippen MR) is 152 cm³/mol. The van der Waals surface area contributed by atoms with E-state index in [-0.39, 0.29) is 46.2 Å². The molecule has 3 rings (SSSR count). The molecular formula is C30H34ClF4NO4S. The maximum atomic E-state index is 14.7. The monoisotopic (exact) mass is 615 g/mol. The van der Waals surface area contributed by atoms with Crippen LogP contribution in [0, 0.1) is 5.82 Å². The minimum atomic E-state index is -4.58. The van der Waals surface area contributed by atoms with E-state index in [1.54, 1.807) is 6.07 Å². The minimum Gasteiger partial charge on any atom is -0.493 e. The lowest BCUT2D eigenvalue weighted by Crippen LogP contribution is -2.37. The summed E-state index contributed by atoms with van der Waals surface area (Å²) >= 11 is 6.20. The molecule has 0 aromatic heterocycles. The van der Waals surface area contributed by atoms with Gasteiger partial charge in [0.2, 0.25) is 0 Å². The number of aliphatic hydroxyl groups is 1. The highest BCUT2D eigenvalue weighted by Crippen LogP contribution is 2.37. The second-order valence-electron chi connectivity index (χ2n) is 10.6. The maximum absolute atomic E-state index is 14.7. The van der Waals surface area contributed by atoms with Gasteiger partial charge < -0.3 is 9.84 Å². The third-order valence-corrected chi connectivity index (χ3v) is 8.34. The Morgan fingerprint density at radius 1 is 1.02 bits per heavy atom. The third kappa shape index (κ3) is 8.91. The largest absolute Gasteiger partial charge is 0.493 e. The molecule has 0 unspecified atom stereocenters. The zero-order valence-electron chi connectivity index (χ0n) is 23.1. The van der Waals surface area contributed by atoms with Crippen molar-refractivity contribution in [2.24, 2.45) is 0 Å². The first-order valence-electron chi connectivity index (χ1n) is 13.0. The Labute approximate surface area is 243 Å². The van der Waals surface area contributed by atoms with Gasteiger partial charge in [0.1, 0.15) is 11.6 Å². The van der Waals surface area contributed by atoms with Gasteiger partial charge in [-0.25, -0.2) is 12.8 Å². The van der Waals surface area contributed by atoms with Crippen molar-refractivity contribution in [1.29, 1.82) is 0 Å². The summed E-state index contributed by atoms with van der Waals surface area (Å²) in [5.41, 5.74) is 0.0470. The van der Waals surface area contributed by atoms with Crippen LogP contribution in [-0.4, -0.2) is 51.0 Å². The molecule has 41 heavy (non-hydrogen) atoms. The Morgan fingerprint density at radius 3 is 2.32 bits per heavy atom. The van der Waals surface area contributed by atoms with Crippen LogP contribution in [0.3, 0.4) is 0 Å². The van der Waals surface area contributed by atoms with Gasteiger partial charge in [-0.2, -0.15) is 13.2 Å². The van der Waals surface area contributed by atoms with Crippen LogP contribution in [-0.2, 0) is 34.4 Å². The molecule has 0 bridgehead atoms. The molecule has 0 amide bonds.